The molecule has 1 aromatic rings. The van der Waals surface area contributed by atoms with Gasteiger partial charge in [-0.05, 0) is 48.3 Å². The molecule has 0 fully saturated rings. The van der Waals surface area contributed by atoms with Gasteiger partial charge in [0.2, 0.25) is 0 Å². The largest absolute Gasteiger partial charge is 0.336 e. The minimum Gasteiger partial charge on any atom is -0.336 e. The summed E-state index contributed by atoms with van der Waals surface area (Å²) in [7, 11) is 1.40. The molecule has 0 spiro atoms. The van der Waals surface area contributed by atoms with Crippen molar-refractivity contribution in [1.82, 2.24) is 4.90 Å². The minimum absolute atomic E-state index is 0.0202. The molecular formula is C13H16BrCl2NO3S. The summed E-state index contributed by atoms with van der Waals surface area (Å²) in [5, 5.41) is 0.178. The Hall–Kier alpha value is -0.300. The highest BCUT2D eigenvalue weighted by Gasteiger charge is 2.24. The van der Waals surface area contributed by atoms with Gasteiger partial charge in [-0.15, -0.1) is 0 Å². The summed E-state index contributed by atoms with van der Waals surface area (Å²) < 4.78 is 23.3. The van der Waals surface area contributed by atoms with Crippen molar-refractivity contribution >= 4 is 53.2 Å². The van der Waals surface area contributed by atoms with E-state index in [1.807, 2.05) is 20.8 Å². The topological polar surface area (TPSA) is 54.5 Å². The number of carbonyl (C=O) groups excluding carboxylic acids is 1. The van der Waals surface area contributed by atoms with Gasteiger partial charge < -0.3 is 4.90 Å². The molecule has 0 atom stereocenters. The molecule has 0 unspecified atom stereocenters. The summed E-state index contributed by atoms with van der Waals surface area (Å²) in [6, 6.07) is 2.56. The quantitative estimate of drug-likeness (QED) is 0.672. The Morgan fingerprint density at radius 1 is 1.38 bits per heavy atom. The first-order chi connectivity index (χ1) is 9.59. The summed E-state index contributed by atoms with van der Waals surface area (Å²) in [5.74, 6) is -0.314. The van der Waals surface area contributed by atoms with E-state index >= 15 is 0 Å². The number of benzene rings is 1. The highest BCUT2D eigenvalue weighted by Crippen LogP contribution is 2.31. The molecule has 1 rings (SSSR count). The maximum atomic E-state index is 12.6. The first-order valence-corrected chi connectivity index (χ1v) is 9.82. The van der Waals surface area contributed by atoms with Crippen LogP contribution in [0, 0.1) is 0 Å². The lowest BCUT2D eigenvalue weighted by Crippen LogP contribution is -2.37. The lowest BCUT2D eigenvalue weighted by molar-refractivity contribution is 0.0706. The third kappa shape index (κ3) is 4.58. The first kappa shape index (κ1) is 18.7. The Morgan fingerprint density at radius 3 is 2.38 bits per heavy atom. The molecule has 0 radical (unpaired) electrons. The van der Waals surface area contributed by atoms with Gasteiger partial charge in [0.25, 0.3) is 15.0 Å². The van der Waals surface area contributed by atoms with Crippen LogP contribution in [0.5, 0.6) is 0 Å². The highest BCUT2D eigenvalue weighted by atomic mass is 79.9. The van der Waals surface area contributed by atoms with E-state index in [1.54, 1.807) is 4.90 Å². The van der Waals surface area contributed by atoms with Gasteiger partial charge in [0, 0.05) is 27.7 Å². The van der Waals surface area contributed by atoms with Gasteiger partial charge in [-0.1, -0.05) is 18.5 Å². The predicted octanol–water partition coefficient (Wildman–Crippen LogP) is 4.29. The molecule has 4 nitrogen and oxygen atoms in total. The standard InChI is InChI=1S/C13H16BrCl2NO3S/c1-4-5-17(8(2)3)13(18)9-6-12(21(16,19)20)10(14)7-11(9)15/h6-8H,4-5H2,1-3H3. The normalized spacial score (nSPS) is 11.8. The molecule has 0 aliphatic heterocycles. The van der Waals surface area contributed by atoms with Crippen molar-refractivity contribution in [1.29, 1.82) is 0 Å². The maximum absolute atomic E-state index is 12.6. The molecule has 0 aliphatic rings. The third-order valence-electron chi connectivity index (χ3n) is 2.86. The molecule has 0 saturated carbocycles. The molecule has 0 aromatic heterocycles. The first-order valence-electron chi connectivity index (χ1n) is 6.34. The van der Waals surface area contributed by atoms with E-state index < -0.39 is 9.05 Å². The summed E-state index contributed by atoms with van der Waals surface area (Å²) in [5.41, 5.74) is 0.126. The Bertz CT molecular complexity index is 647. The van der Waals surface area contributed by atoms with Crippen LogP contribution in [-0.4, -0.2) is 31.8 Å². The van der Waals surface area contributed by atoms with Crippen molar-refractivity contribution in [2.75, 3.05) is 6.54 Å². The van der Waals surface area contributed by atoms with Crippen molar-refractivity contribution < 1.29 is 13.2 Å². The molecule has 8 heteroatoms. The van der Waals surface area contributed by atoms with Crippen molar-refractivity contribution in [2.24, 2.45) is 0 Å². The van der Waals surface area contributed by atoms with E-state index in [9.17, 15) is 13.2 Å². The van der Waals surface area contributed by atoms with Gasteiger partial charge in [-0.25, -0.2) is 8.42 Å². The number of carbonyl (C=O) groups is 1. The lowest BCUT2D eigenvalue weighted by atomic mass is 10.1. The smallest absolute Gasteiger partial charge is 0.262 e. The van der Waals surface area contributed by atoms with E-state index in [0.29, 0.717) is 6.54 Å². The van der Waals surface area contributed by atoms with Crippen LogP contribution in [-0.2, 0) is 9.05 Å². The molecule has 1 aromatic carbocycles. The van der Waals surface area contributed by atoms with Crippen molar-refractivity contribution in [3.8, 4) is 0 Å². The van der Waals surface area contributed by atoms with Gasteiger partial charge in [-0.2, -0.15) is 0 Å². The number of rotatable bonds is 5. The summed E-state index contributed by atoms with van der Waals surface area (Å²) in [4.78, 5) is 14.0. The van der Waals surface area contributed by atoms with E-state index in [-0.39, 0.29) is 31.9 Å². The van der Waals surface area contributed by atoms with Crippen LogP contribution in [0.4, 0.5) is 0 Å². The monoisotopic (exact) mass is 415 g/mol. The molecular weight excluding hydrogens is 401 g/mol. The Balaban J connectivity index is 3.39. The second-order valence-corrected chi connectivity index (χ2v) is 8.59. The van der Waals surface area contributed by atoms with Gasteiger partial charge in [0.05, 0.1) is 15.5 Å². The third-order valence-corrected chi connectivity index (χ3v) is 5.46. The molecule has 1 amide bonds. The number of halogens is 3. The summed E-state index contributed by atoms with van der Waals surface area (Å²) in [6.45, 7) is 6.30. The number of hydrogen-bond donors (Lipinski definition) is 0. The zero-order valence-electron chi connectivity index (χ0n) is 11.9. The van der Waals surface area contributed by atoms with Gasteiger partial charge in [-0.3, -0.25) is 4.79 Å². The molecule has 0 N–H and O–H groups in total. The van der Waals surface area contributed by atoms with Crippen molar-refractivity contribution in [2.45, 2.75) is 38.1 Å². The Kier molecular flexibility index (Phi) is 6.53. The zero-order valence-corrected chi connectivity index (χ0v) is 15.8. The lowest BCUT2D eigenvalue weighted by Gasteiger charge is -2.27. The van der Waals surface area contributed by atoms with Gasteiger partial charge in [0.15, 0.2) is 0 Å². The van der Waals surface area contributed by atoms with Gasteiger partial charge in [0.1, 0.15) is 0 Å². The molecule has 21 heavy (non-hydrogen) atoms. The average Bonchev–Trinajstić information content (AvgIpc) is 2.33. The van der Waals surface area contributed by atoms with Crippen LogP contribution >= 0.6 is 38.2 Å². The van der Waals surface area contributed by atoms with Crippen LogP contribution < -0.4 is 0 Å². The fourth-order valence-electron chi connectivity index (χ4n) is 1.87. The summed E-state index contributed by atoms with van der Waals surface area (Å²) >= 11 is 9.17. The van der Waals surface area contributed by atoms with E-state index in [0.717, 1.165) is 6.42 Å². The number of amides is 1. The number of nitrogens with zero attached hydrogens (tertiary/aromatic N) is 1. The highest BCUT2D eigenvalue weighted by molar-refractivity contribution is 9.10. The maximum Gasteiger partial charge on any atom is 0.262 e. The van der Waals surface area contributed by atoms with Crippen molar-refractivity contribution in [3.63, 3.8) is 0 Å². The zero-order chi connectivity index (χ0) is 16.4. The fourth-order valence-corrected chi connectivity index (χ4v) is 4.44. The minimum atomic E-state index is -3.97. The van der Waals surface area contributed by atoms with E-state index in [1.165, 1.54) is 12.1 Å². The second kappa shape index (κ2) is 7.31. The van der Waals surface area contributed by atoms with Crippen LogP contribution in [0.15, 0.2) is 21.5 Å². The number of hydrogen-bond acceptors (Lipinski definition) is 3. The predicted molar refractivity (Wildman–Crippen MR) is 88.7 cm³/mol. The van der Waals surface area contributed by atoms with E-state index in [4.69, 9.17) is 22.3 Å². The Labute approximate surface area is 143 Å². The molecule has 0 aliphatic carbocycles. The SMILES string of the molecule is CCCN(C(=O)c1cc(S(=O)(=O)Cl)c(Br)cc1Cl)C(C)C. The second-order valence-electron chi connectivity index (χ2n) is 4.79. The van der Waals surface area contributed by atoms with Crippen LogP contribution in [0.2, 0.25) is 5.02 Å². The van der Waals surface area contributed by atoms with Crippen LogP contribution in [0.3, 0.4) is 0 Å². The van der Waals surface area contributed by atoms with Crippen LogP contribution in [0.25, 0.3) is 0 Å². The molecule has 0 saturated heterocycles. The fraction of sp³-hybridized carbons (Fsp3) is 0.462. The van der Waals surface area contributed by atoms with Crippen LogP contribution in [0.1, 0.15) is 37.6 Å². The van der Waals surface area contributed by atoms with E-state index in [2.05, 4.69) is 15.9 Å². The molecule has 0 heterocycles. The molecule has 118 valence electrons. The van der Waals surface area contributed by atoms with Crippen molar-refractivity contribution in [3.05, 3.63) is 27.2 Å². The molecule has 0 bridgehead atoms. The average molecular weight is 417 g/mol. The summed E-state index contributed by atoms with van der Waals surface area (Å²) in [6.07, 6.45) is 0.790. The Morgan fingerprint density at radius 2 is 1.95 bits per heavy atom. The van der Waals surface area contributed by atoms with Gasteiger partial charge >= 0.3 is 0 Å².